The van der Waals surface area contributed by atoms with E-state index in [-0.39, 0.29) is 5.92 Å². The van der Waals surface area contributed by atoms with Gasteiger partial charge in [-0.2, -0.15) is 0 Å². The fraction of sp³-hybridized carbons (Fsp3) is 0.769. The maximum Gasteiger partial charge on any atom is 0.480 e. The van der Waals surface area contributed by atoms with E-state index in [4.69, 9.17) is 38.3 Å². The van der Waals surface area contributed by atoms with Crippen LogP contribution in [0.3, 0.4) is 0 Å². The fourth-order valence-electron chi connectivity index (χ4n) is 3.28. The van der Waals surface area contributed by atoms with E-state index in [0.717, 1.165) is 11.0 Å². The molecule has 0 fully saturated rings. The van der Waals surface area contributed by atoms with Gasteiger partial charge in [0.1, 0.15) is 18.2 Å². The summed E-state index contributed by atoms with van der Waals surface area (Å²) in [6.07, 6.45) is -2.02. The summed E-state index contributed by atoms with van der Waals surface area (Å²) in [5.74, 6) is -3.97. The van der Waals surface area contributed by atoms with Crippen LogP contribution in [0, 0.1) is 17.8 Å². The Morgan fingerprint density at radius 3 is 1.91 bits per heavy atom. The maximum atomic E-state index is 13.2. The number of phosphoric acid groups is 1. The first-order valence-electron chi connectivity index (χ1n) is 13.9. The molecule has 1 amide bonds. The Hall–Kier alpha value is -2.63. The first-order valence-corrected chi connectivity index (χ1v) is 15.4. The lowest BCUT2D eigenvalue weighted by Gasteiger charge is -2.43. The van der Waals surface area contributed by atoms with Crippen molar-refractivity contribution in [2.45, 2.75) is 79.1 Å². The molecule has 0 aliphatic carbocycles. The normalized spacial score (nSPS) is 18.4. The third-order valence-corrected chi connectivity index (χ3v) is 7.67. The average molecular weight is 656 g/mol. The van der Waals surface area contributed by atoms with E-state index in [9.17, 15) is 34.0 Å². The van der Waals surface area contributed by atoms with Crippen LogP contribution in [-0.2, 0) is 56.3 Å². The van der Waals surface area contributed by atoms with Crippen LogP contribution in [0.1, 0.15) is 48.5 Å². The minimum Gasteiger partial charge on any atom is -0.443 e. The van der Waals surface area contributed by atoms with Gasteiger partial charge < -0.3 is 39.8 Å². The molecule has 0 bridgehead atoms. The van der Waals surface area contributed by atoms with E-state index < -0.39 is 101 Å². The largest absolute Gasteiger partial charge is 0.480 e. The Morgan fingerprint density at radius 1 is 0.932 bits per heavy atom. The van der Waals surface area contributed by atoms with Gasteiger partial charge in [-0.05, 0) is 12.8 Å². The molecule has 1 aliphatic heterocycles. The number of hydrogen-bond donors (Lipinski definition) is 3. The number of hydrogen-bond acceptors (Lipinski definition) is 16. The first kappa shape index (κ1) is 39.4. The van der Waals surface area contributed by atoms with E-state index in [2.05, 4.69) is 0 Å². The predicted molar refractivity (Wildman–Crippen MR) is 151 cm³/mol. The maximum absolute atomic E-state index is 13.2. The average Bonchev–Trinajstić information content (AvgIpc) is 2.96. The van der Waals surface area contributed by atoms with Gasteiger partial charge in [0, 0.05) is 19.4 Å². The summed E-state index contributed by atoms with van der Waals surface area (Å²) in [5.41, 5.74) is 5.77. The molecule has 1 aliphatic rings. The summed E-state index contributed by atoms with van der Waals surface area (Å²) in [6.45, 7) is 8.37. The number of amides is 1. The molecule has 17 nitrogen and oxygen atoms in total. The molecular formula is C26H46N3O14P. The zero-order valence-electron chi connectivity index (χ0n) is 26.3. The second-order valence-corrected chi connectivity index (χ2v) is 12.4. The molecule has 0 spiro atoms. The zero-order valence-corrected chi connectivity index (χ0v) is 27.2. The van der Waals surface area contributed by atoms with Gasteiger partial charge in [0.25, 0.3) is 5.91 Å². The molecule has 0 aromatic heterocycles. The van der Waals surface area contributed by atoms with Gasteiger partial charge in [-0.25, -0.2) is 13.6 Å². The second kappa shape index (κ2) is 18.4. The fourth-order valence-corrected chi connectivity index (χ4v) is 4.19. The molecule has 18 heteroatoms. The van der Waals surface area contributed by atoms with E-state index >= 15 is 0 Å². The highest BCUT2D eigenvalue weighted by molar-refractivity contribution is 7.48. The van der Waals surface area contributed by atoms with Crippen molar-refractivity contribution >= 4 is 31.6 Å². The Labute approximate surface area is 257 Å². The number of rotatable bonds is 19. The molecule has 0 radical (unpaired) electrons. The van der Waals surface area contributed by atoms with Crippen LogP contribution in [-0.4, -0.2) is 109 Å². The zero-order chi connectivity index (χ0) is 33.8. The topological polar surface area (TPSA) is 223 Å². The molecule has 2 unspecified atom stereocenters. The number of nitrogens with two attached hydrogens (primary N) is 1. The van der Waals surface area contributed by atoms with Gasteiger partial charge in [0.05, 0.1) is 24.5 Å². The molecule has 1 rings (SSSR count). The van der Waals surface area contributed by atoms with Gasteiger partial charge in [0.15, 0.2) is 6.73 Å². The van der Waals surface area contributed by atoms with Crippen molar-refractivity contribution in [3.63, 3.8) is 0 Å². The first-order chi connectivity index (χ1) is 20.4. The molecule has 254 valence electrons. The number of nitrogens with zero attached hydrogens (tertiary/aromatic N) is 2. The van der Waals surface area contributed by atoms with Crippen molar-refractivity contribution in [3.8, 4) is 0 Å². The Bertz CT molecular complexity index is 1010. The highest BCUT2D eigenvalue weighted by Crippen LogP contribution is 2.49. The summed E-state index contributed by atoms with van der Waals surface area (Å²) in [5, 5.41) is 21.9. The standard InChI is InChI=1S/C26H46N3O14P/c1-15(2)21(27)25(34)38-12-29-20(30)9-10-28(26(29)35)18(7)22(31)19(37-8)11-41-44(36,42-13-39-23(32)16(3)4)43-14-40-24(33)17(5)6/h9-10,15-19,21-22,26,31,35H,11-14,27H2,1-8H3/t18-,19+,21?,22-,26?/m0/s1. The summed E-state index contributed by atoms with van der Waals surface area (Å²) < 4.78 is 48.8. The molecule has 0 saturated heterocycles. The highest BCUT2D eigenvalue weighted by atomic mass is 31.2. The van der Waals surface area contributed by atoms with Crippen molar-refractivity contribution < 1.29 is 66.5 Å². The quantitative estimate of drug-likeness (QED) is 0.0751. The molecule has 44 heavy (non-hydrogen) atoms. The van der Waals surface area contributed by atoms with Crippen molar-refractivity contribution in [3.05, 3.63) is 12.3 Å². The third kappa shape index (κ3) is 12.0. The SMILES string of the molecule is CO[C@H](COP(=O)(OCOC(=O)C(C)C)OCOC(=O)C(C)C)[C@@H](O)[C@H](C)N1C=CC(=O)N(COC(=O)C(N)C(C)C)C1O. The van der Waals surface area contributed by atoms with Gasteiger partial charge in [0.2, 0.25) is 19.9 Å². The van der Waals surface area contributed by atoms with Gasteiger partial charge in [-0.15, -0.1) is 0 Å². The van der Waals surface area contributed by atoms with E-state index in [1.54, 1.807) is 41.5 Å². The number of esters is 3. The van der Waals surface area contributed by atoms with Crippen LogP contribution in [0.15, 0.2) is 12.3 Å². The lowest BCUT2D eigenvalue weighted by Crippen LogP contribution is -2.59. The number of aliphatic hydroxyl groups is 2. The smallest absolute Gasteiger partial charge is 0.443 e. The summed E-state index contributed by atoms with van der Waals surface area (Å²) >= 11 is 0. The van der Waals surface area contributed by atoms with Crippen molar-refractivity contribution in [1.82, 2.24) is 9.80 Å². The minimum atomic E-state index is -4.56. The molecule has 0 aromatic rings. The second-order valence-electron chi connectivity index (χ2n) is 10.8. The van der Waals surface area contributed by atoms with Crippen LogP contribution in [0.4, 0.5) is 0 Å². The van der Waals surface area contributed by atoms with Crippen LogP contribution in [0.25, 0.3) is 0 Å². The predicted octanol–water partition coefficient (Wildman–Crippen LogP) is 0.640. The minimum absolute atomic E-state index is 0.222. The lowest BCUT2D eigenvalue weighted by atomic mass is 10.1. The van der Waals surface area contributed by atoms with Crippen molar-refractivity contribution in [2.75, 3.05) is 34.0 Å². The highest BCUT2D eigenvalue weighted by Gasteiger charge is 2.39. The van der Waals surface area contributed by atoms with Crippen LogP contribution in [0.2, 0.25) is 0 Å². The van der Waals surface area contributed by atoms with Gasteiger partial charge >= 0.3 is 25.7 Å². The monoisotopic (exact) mass is 655 g/mol. The number of aliphatic hydroxyl groups excluding tert-OH is 2. The van der Waals surface area contributed by atoms with Crippen LogP contribution >= 0.6 is 7.82 Å². The van der Waals surface area contributed by atoms with Crippen LogP contribution < -0.4 is 5.73 Å². The number of phosphoric ester groups is 1. The van der Waals surface area contributed by atoms with Crippen molar-refractivity contribution in [2.24, 2.45) is 23.5 Å². The molecule has 5 atom stereocenters. The Kier molecular flexibility index (Phi) is 16.4. The third-order valence-electron chi connectivity index (χ3n) is 6.37. The molecular weight excluding hydrogens is 609 g/mol. The molecule has 0 aromatic carbocycles. The lowest BCUT2D eigenvalue weighted by molar-refractivity contribution is -0.186. The van der Waals surface area contributed by atoms with Crippen LogP contribution in [0.5, 0.6) is 0 Å². The Balaban J connectivity index is 2.95. The number of methoxy groups -OCH3 is 1. The summed E-state index contributed by atoms with van der Waals surface area (Å²) in [7, 11) is -3.34. The van der Waals surface area contributed by atoms with E-state index in [1.165, 1.54) is 25.1 Å². The summed E-state index contributed by atoms with van der Waals surface area (Å²) in [6, 6.07) is -1.91. The van der Waals surface area contributed by atoms with Gasteiger partial charge in [-0.1, -0.05) is 41.5 Å². The number of carbonyl (C=O) groups is 4. The molecule has 4 N–H and O–H groups in total. The van der Waals surface area contributed by atoms with E-state index in [0.29, 0.717) is 0 Å². The number of carbonyl (C=O) groups excluding carboxylic acids is 4. The summed E-state index contributed by atoms with van der Waals surface area (Å²) in [4.78, 5) is 50.1. The number of ether oxygens (including phenoxy) is 4. The molecule has 1 heterocycles. The Morgan fingerprint density at radius 2 is 1.45 bits per heavy atom. The van der Waals surface area contributed by atoms with Crippen molar-refractivity contribution in [1.29, 1.82) is 0 Å². The molecule has 0 saturated carbocycles. The van der Waals surface area contributed by atoms with Gasteiger partial charge in [-0.3, -0.25) is 28.6 Å². The van der Waals surface area contributed by atoms with E-state index in [1.807, 2.05) is 0 Å².